The van der Waals surface area contributed by atoms with Crippen LogP contribution >= 0.6 is 0 Å². The van der Waals surface area contributed by atoms with Crippen LogP contribution in [0.25, 0.3) is 0 Å². The van der Waals surface area contributed by atoms with Crippen LogP contribution in [-0.4, -0.2) is 32.1 Å². The number of sulfonamides is 1. The molecule has 116 valence electrons. The molecule has 1 aromatic rings. The third-order valence-electron chi connectivity index (χ3n) is 3.45. The number of aliphatic hydroxyl groups excluding tert-OH is 1. The Kier molecular flexibility index (Phi) is 4.65. The number of benzene rings is 1. The van der Waals surface area contributed by atoms with Crippen LogP contribution in [0.1, 0.15) is 25.3 Å². The summed E-state index contributed by atoms with van der Waals surface area (Å²) in [6.07, 6.45) is 1.25. The Morgan fingerprint density at radius 3 is 2.67 bits per heavy atom. The minimum Gasteiger partial charge on any atom is -0.391 e. The number of hydrogen-bond acceptors (Lipinski definition) is 4. The van der Waals surface area contributed by atoms with E-state index in [0.29, 0.717) is 11.3 Å². The van der Waals surface area contributed by atoms with Crippen molar-refractivity contribution in [2.24, 2.45) is 5.92 Å². The Hall–Kier alpha value is -1.44. The highest BCUT2D eigenvalue weighted by Crippen LogP contribution is 2.32. The van der Waals surface area contributed by atoms with Crippen molar-refractivity contribution in [1.82, 2.24) is 4.72 Å². The largest absolute Gasteiger partial charge is 0.391 e. The van der Waals surface area contributed by atoms with Gasteiger partial charge in [-0.15, -0.1) is 0 Å². The number of rotatable bonds is 6. The van der Waals surface area contributed by atoms with Crippen molar-refractivity contribution in [3.8, 4) is 0 Å². The molecule has 2 rings (SSSR count). The van der Waals surface area contributed by atoms with Crippen molar-refractivity contribution in [1.29, 1.82) is 0 Å². The van der Waals surface area contributed by atoms with Gasteiger partial charge in [-0.05, 0) is 43.4 Å². The fourth-order valence-corrected chi connectivity index (χ4v) is 3.41. The summed E-state index contributed by atoms with van der Waals surface area (Å²) in [5.41, 5.74) is 1.01. The van der Waals surface area contributed by atoms with Crippen molar-refractivity contribution in [2.45, 2.75) is 37.7 Å². The molecule has 1 aromatic carbocycles. The summed E-state index contributed by atoms with van der Waals surface area (Å²) in [5.74, 6) is -0.0566. The molecule has 21 heavy (non-hydrogen) atoms. The number of amides is 1. The van der Waals surface area contributed by atoms with Crippen LogP contribution in [0, 0.1) is 12.8 Å². The predicted octanol–water partition coefficient (Wildman–Crippen LogP) is 1.00. The molecule has 1 aliphatic carbocycles. The zero-order valence-electron chi connectivity index (χ0n) is 12.1. The van der Waals surface area contributed by atoms with E-state index in [1.54, 1.807) is 19.1 Å². The molecule has 0 aromatic heterocycles. The minimum absolute atomic E-state index is 0.0107. The third kappa shape index (κ3) is 4.26. The van der Waals surface area contributed by atoms with E-state index in [-0.39, 0.29) is 23.3 Å². The van der Waals surface area contributed by atoms with Gasteiger partial charge in [-0.3, -0.25) is 4.79 Å². The molecular weight excluding hydrogens is 292 g/mol. The van der Waals surface area contributed by atoms with Crippen molar-refractivity contribution < 1.29 is 18.3 Å². The lowest BCUT2D eigenvalue weighted by Crippen LogP contribution is -2.33. The Morgan fingerprint density at radius 2 is 2.10 bits per heavy atom. The lowest BCUT2D eigenvalue weighted by atomic mass is 10.2. The summed E-state index contributed by atoms with van der Waals surface area (Å²) in [6.45, 7) is 3.05. The van der Waals surface area contributed by atoms with Gasteiger partial charge in [0.05, 0.1) is 11.0 Å². The van der Waals surface area contributed by atoms with E-state index >= 15 is 0 Å². The Morgan fingerprint density at radius 1 is 1.43 bits per heavy atom. The van der Waals surface area contributed by atoms with E-state index in [1.165, 1.54) is 13.0 Å². The van der Waals surface area contributed by atoms with Crippen LogP contribution in [0.4, 0.5) is 5.69 Å². The molecule has 0 bridgehead atoms. The highest BCUT2D eigenvalue weighted by Gasteiger charge is 2.30. The Labute approximate surface area is 124 Å². The van der Waals surface area contributed by atoms with Gasteiger partial charge in [0.2, 0.25) is 15.9 Å². The third-order valence-corrected chi connectivity index (χ3v) is 5.01. The number of carbonyl (C=O) groups is 1. The first-order chi connectivity index (χ1) is 9.79. The highest BCUT2D eigenvalue weighted by atomic mass is 32.2. The monoisotopic (exact) mass is 312 g/mol. The quantitative estimate of drug-likeness (QED) is 0.730. The number of carbonyl (C=O) groups excluding carboxylic acids is 1. The van der Waals surface area contributed by atoms with E-state index in [0.717, 1.165) is 12.8 Å². The molecule has 1 atom stereocenters. The average Bonchev–Trinajstić information content (AvgIpc) is 3.22. The van der Waals surface area contributed by atoms with Crippen LogP contribution in [0.5, 0.6) is 0 Å². The molecule has 1 fully saturated rings. The molecular formula is C14H20N2O4S. The van der Waals surface area contributed by atoms with Crippen LogP contribution < -0.4 is 10.0 Å². The number of nitrogens with one attached hydrogen (secondary N) is 2. The van der Waals surface area contributed by atoms with Gasteiger partial charge in [0.25, 0.3) is 0 Å². The van der Waals surface area contributed by atoms with E-state index < -0.39 is 16.1 Å². The van der Waals surface area contributed by atoms with E-state index in [2.05, 4.69) is 10.0 Å². The van der Waals surface area contributed by atoms with Gasteiger partial charge in [-0.1, -0.05) is 6.07 Å². The normalized spacial score (nSPS) is 16.5. The zero-order valence-corrected chi connectivity index (χ0v) is 12.9. The van der Waals surface area contributed by atoms with Crippen LogP contribution in [0.15, 0.2) is 23.1 Å². The maximum Gasteiger partial charge on any atom is 0.240 e. The van der Waals surface area contributed by atoms with Gasteiger partial charge in [0, 0.05) is 19.2 Å². The van der Waals surface area contributed by atoms with Gasteiger partial charge in [-0.2, -0.15) is 0 Å². The van der Waals surface area contributed by atoms with Gasteiger partial charge in [0.15, 0.2) is 0 Å². The highest BCUT2D eigenvalue weighted by molar-refractivity contribution is 7.89. The molecule has 0 heterocycles. The predicted molar refractivity (Wildman–Crippen MR) is 79.4 cm³/mol. The molecule has 0 saturated heterocycles. The number of aryl methyl sites for hydroxylation is 1. The second-order valence-corrected chi connectivity index (χ2v) is 7.15. The molecule has 1 unspecified atom stereocenters. The second kappa shape index (κ2) is 6.13. The van der Waals surface area contributed by atoms with Crippen molar-refractivity contribution >= 4 is 21.6 Å². The van der Waals surface area contributed by atoms with Gasteiger partial charge in [0.1, 0.15) is 0 Å². The van der Waals surface area contributed by atoms with Crippen molar-refractivity contribution in [2.75, 3.05) is 11.9 Å². The van der Waals surface area contributed by atoms with Gasteiger partial charge < -0.3 is 10.4 Å². The molecule has 1 saturated carbocycles. The Bertz CT molecular complexity index is 638. The maximum atomic E-state index is 12.3. The minimum atomic E-state index is -3.71. The van der Waals surface area contributed by atoms with Gasteiger partial charge in [-0.25, -0.2) is 13.1 Å². The molecule has 1 aliphatic rings. The first kappa shape index (κ1) is 15.9. The first-order valence-corrected chi connectivity index (χ1v) is 8.34. The first-order valence-electron chi connectivity index (χ1n) is 6.85. The number of aliphatic hydroxyl groups is 1. The topological polar surface area (TPSA) is 95.5 Å². The lowest BCUT2D eigenvalue weighted by Gasteiger charge is -2.14. The number of hydrogen-bond donors (Lipinski definition) is 3. The van der Waals surface area contributed by atoms with Crippen LogP contribution in [-0.2, 0) is 14.8 Å². The molecule has 0 aliphatic heterocycles. The molecule has 0 spiro atoms. The summed E-state index contributed by atoms with van der Waals surface area (Å²) in [6, 6.07) is 4.70. The Balaban J connectivity index is 2.15. The molecule has 0 radical (unpaired) electrons. The number of anilines is 1. The summed E-state index contributed by atoms with van der Waals surface area (Å²) >= 11 is 0. The van der Waals surface area contributed by atoms with Crippen LogP contribution in [0.2, 0.25) is 0 Å². The molecule has 7 heteroatoms. The van der Waals surface area contributed by atoms with Crippen molar-refractivity contribution in [3.05, 3.63) is 23.8 Å². The van der Waals surface area contributed by atoms with E-state index in [9.17, 15) is 18.3 Å². The van der Waals surface area contributed by atoms with E-state index in [1.807, 2.05) is 0 Å². The molecule has 1 amide bonds. The smallest absolute Gasteiger partial charge is 0.240 e. The molecule has 6 nitrogen and oxygen atoms in total. The summed E-state index contributed by atoms with van der Waals surface area (Å²) in [7, 11) is -3.71. The average molecular weight is 312 g/mol. The van der Waals surface area contributed by atoms with E-state index in [4.69, 9.17) is 0 Å². The fraction of sp³-hybridized carbons (Fsp3) is 0.500. The summed E-state index contributed by atoms with van der Waals surface area (Å²) in [4.78, 5) is 11.2. The van der Waals surface area contributed by atoms with Crippen LogP contribution in [0.3, 0.4) is 0 Å². The lowest BCUT2D eigenvalue weighted by molar-refractivity contribution is -0.114. The zero-order chi connectivity index (χ0) is 15.6. The van der Waals surface area contributed by atoms with Gasteiger partial charge >= 0.3 is 0 Å². The maximum absolute atomic E-state index is 12.3. The second-order valence-electron chi connectivity index (χ2n) is 5.42. The summed E-state index contributed by atoms with van der Waals surface area (Å²) in [5, 5.41) is 12.3. The fourth-order valence-electron chi connectivity index (χ4n) is 2.09. The SMILES string of the molecule is CC(=O)Nc1ccc(C)c(S(=O)(=O)NCC(O)C2CC2)c1. The van der Waals surface area contributed by atoms with Crippen molar-refractivity contribution in [3.63, 3.8) is 0 Å². The standard InChI is InChI=1S/C14H20N2O4S/c1-9-3-6-12(16-10(2)17)7-14(9)21(19,20)15-8-13(18)11-4-5-11/h3,6-7,11,13,15,18H,4-5,8H2,1-2H3,(H,16,17). The summed E-state index contributed by atoms with van der Waals surface area (Å²) < 4.78 is 27.0. The molecule has 3 N–H and O–H groups in total.